The quantitative estimate of drug-likeness (QED) is 0.592. The molecule has 0 saturated heterocycles. The molecule has 0 spiro atoms. The fourth-order valence-corrected chi connectivity index (χ4v) is 2.63. The maximum absolute atomic E-state index is 11.2. The minimum atomic E-state index is -3.35. The Morgan fingerprint density at radius 2 is 2.07 bits per heavy atom. The first kappa shape index (κ1) is 11.9. The summed E-state index contributed by atoms with van der Waals surface area (Å²) in [5.74, 6) is 0.0726. The standard InChI is InChI=1S/C8H18N2O3S/c1-2-9-14(12,13)10-6-7-4-3-5-8(7)11/h7-11H,2-6H2,1H3. The Balaban J connectivity index is 2.32. The van der Waals surface area contributed by atoms with Gasteiger partial charge in [-0.1, -0.05) is 13.3 Å². The van der Waals surface area contributed by atoms with Crippen LogP contribution in [0.1, 0.15) is 26.2 Å². The van der Waals surface area contributed by atoms with Crippen molar-refractivity contribution >= 4 is 10.2 Å². The first-order valence-electron chi connectivity index (χ1n) is 4.97. The number of rotatable bonds is 5. The van der Waals surface area contributed by atoms with Crippen molar-refractivity contribution in [1.29, 1.82) is 0 Å². The molecule has 1 aliphatic rings. The van der Waals surface area contributed by atoms with Crippen LogP contribution >= 0.6 is 0 Å². The van der Waals surface area contributed by atoms with E-state index in [9.17, 15) is 13.5 Å². The van der Waals surface area contributed by atoms with Gasteiger partial charge < -0.3 is 5.11 Å². The van der Waals surface area contributed by atoms with E-state index in [1.165, 1.54) is 0 Å². The highest BCUT2D eigenvalue weighted by molar-refractivity contribution is 7.87. The van der Waals surface area contributed by atoms with E-state index in [2.05, 4.69) is 9.44 Å². The average Bonchev–Trinajstić information content (AvgIpc) is 2.48. The Morgan fingerprint density at radius 1 is 1.36 bits per heavy atom. The van der Waals surface area contributed by atoms with Gasteiger partial charge in [-0.15, -0.1) is 0 Å². The van der Waals surface area contributed by atoms with Crippen molar-refractivity contribution in [1.82, 2.24) is 9.44 Å². The second-order valence-electron chi connectivity index (χ2n) is 3.61. The van der Waals surface area contributed by atoms with Crippen LogP contribution in [-0.4, -0.2) is 32.7 Å². The zero-order chi connectivity index (χ0) is 10.6. The Labute approximate surface area is 85.1 Å². The molecule has 0 heterocycles. The number of aliphatic hydroxyl groups excluding tert-OH is 1. The van der Waals surface area contributed by atoms with Crippen LogP contribution in [0, 0.1) is 5.92 Å². The van der Waals surface area contributed by atoms with Gasteiger partial charge in [0.2, 0.25) is 0 Å². The molecule has 0 bridgehead atoms. The molecule has 1 saturated carbocycles. The fourth-order valence-electron chi connectivity index (χ4n) is 1.71. The second-order valence-corrected chi connectivity index (χ2v) is 5.19. The molecule has 3 N–H and O–H groups in total. The van der Waals surface area contributed by atoms with Gasteiger partial charge in [0.05, 0.1) is 6.10 Å². The highest BCUT2D eigenvalue weighted by Crippen LogP contribution is 2.24. The molecule has 2 atom stereocenters. The molecule has 1 rings (SSSR count). The van der Waals surface area contributed by atoms with Crippen molar-refractivity contribution in [2.24, 2.45) is 5.92 Å². The molecule has 0 aliphatic heterocycles. The molecule has 0 radical (unpaired) electrons. The third-order valence-corrected chi connectivity index (χ3v) is 3.70. The molecule has 14 heavy (non-hydrogen) atoms. The van der Waals surface area contributed by atoms with Crippen molar-refractivity contribution in [2.75, 3.05) is 13.1 Å². The molecule has 1 aliphatic carbocycles. The number of aliphatic hydroxyl groups is 1. The second kappa shape index (κ2) is 5.06. The maximum Gasteiger partial charge on any atom is 0.276 e. The number of nitrogens with one attached hydrogen (secondary N) is 2. The molecule has 0 aromatic heterocycles. The van der Waals surface area contributed by atoms with Gasteiger partial charge in [0.25, 0.3) is 10.2 Å². The van der Waals surface area contributed by atoms with Gasteiger partial charge in [0.1, 0.15) is 0 Å². The highest BCUT2D eigenvalue weighted by atomic mass is 32.2. The van der Waals surface area contributed by atoms with Crippen LogP contribution in [0.5, 0.6) is 0 Å². The van der Waals surface area contributed by atoms with Gasteiger partial charge in [0, 0.05) is 13.1 Å². The predicted octanol–water partition coefficient (Wildman–Crippen LogP) is -0.409. The lowest BCUT2D eigenvalue weighted by atomic mass is 10.1. The third-order valence-electron chi connectivity index (χ3n) is 2.49. The molecular formula is C8H18N2O3S. The van der Waals surface area contributed by atoms with Crippen LogP contribution < -0.4 is 9.44 Å². The maximum atomic E-state index is 11.2. The Bertz CT molecular complexity index is 266. The largest absolute Gasteiger partial charge is 0.393 e. The summed E-state index contributed by atoms with van der Waals surface area (Å²) < 4.78 is 27.2. The van der Waals surface area contributed by atoms with Crippen molar-refractivity contribution in [2.45, 2.75) is 32.3 Å². The van der Waals surface area contributed by atoms with Crippen LogP contribution in [0.3, 0.4) is 0 Å². The van der Waals surface area contributed by atoms with E-state index in [0.717, 1.165) is 19.3 Å². The SMILES string of the molecule is CCNS(=O)(=O)NCC1CCCC1O. The van der Waals surface area contributed by atoms with Crippen LogP contribution in [0.15, 0.2) is 0 Å². The third kappa shape index (κ3) is 3.53. The summed E-state index contributed by atoms with van der Waals surface area (Å²) in [6.45, 7) is 2.43. The monoisotopic (exact) mass is 222 g/mol. The zero-order valence-electron chi connectivity index (χ0n) is 8.36. The predicted molar refractivity (Wildman–Crippen MR) is 53.9 cm³/mol. The topological polar surface area (TPSA) is 78.4 Å². The van der Waals surface area contributed by atoms with Gasteiger partial charge in [0.15, 0.2) is 0 Å². The summed E-state index contributed by atoms with van der Waals surface area (Å²) in [6.07, 6.45) is 2.32. The molecule has 2 unspecified atom stereocenters. The lowest BCUT2D eigenvalue weighted by Crippen LogP contribution is -2.40. The number of hydrogen-bond donors (Lipinski definition) is 3. The summed E-state index contributed by atoms with van der Waals surface area (Å²) in [4.78, 5) is 0. The van der Waals surface area contributed by atoms with Gasteiger partial charge in [-0.2, -0.15) is 8.42 Å². The average molecular weight is 222 g/mol. The van der Waals surface area contributed by atoms with Crippen molar-refractivity contribution in [3.05, 3.63) is 0 Å². The van der Waals surface area contributed by atoms with E-state index in [4.69, 9.17) is 0 Å². The zero-order valence-corrected chi connectivity index (χ0v) is 9.18. The van der Waals surface area contributed by atoms with E-state index in [-0.39, 0.29) is 12.0 Å². The first-order chi connectivity index (χ1) is 6.55. The lowest BCUT2D eigenvalue weighted by molar-refractivity contribution is 0.134. The van der Waals surface area contributed by atoms with Gasteiger partial charge in [-0.3, -0.25) is 0 Å². The van der Waals surface area contributed by atoms with Crippen molar-refractivity contribution in [3.63, 3.8) is 0 Å². The molecule has 84 valence electrons. The normalized spacial score (nSPS) is 28.1. The molecule has 6 heteroatoms. The molecule has 1 fully saturated rings. The van der Waals surface area contributed by atoms with Crippen LogP contribution in [0.4, 0.5) is 0 Å². The van der Waals surface area contributed by atoms with E-state index in [1.54, 1.807) is 6.92 Å². The molecule has 0 aromatic carbocycles. The number of hydrogen-bond acceptors (Lipinski definition) is 3. The van der Waals surface area contributed by atoms with E-state index < -0.39 is 10.2 Å². The fraction of sp³-hybridized carbons (Fsp3) is 1.00. The van der Waals surface area contributed by atoms with E-state index in [1.807, 2.05) is 0 Å². The summed E-state index contributed by atoms with van der Waals surface area (Å²) in [5.41, 5.74) is 0. The lowest BCUT2D eigenvalue weighted by Gasteiger charge is -2.15. The molecule has 0 aromatic rings. The Kier molecular flexibility index (Phi) is 4.31. The van der Waals surface area contributed by atoms with Crippen LogP contribution in [-0.2, 0) is 10.2 Å². The Morgan fingerprint density at radius 3 is 2.57 bits per heavy atom. The van der Waals surface area contributed by atoms with Crippen LogP contribution in [0.25, 0.3) is 0 Å². The van der Waals surface area contributed by atoms with Gasteiger partial charge in [-0.05, 0) is 18.8 Å². The van der Waals surface area contributed by atoms with E-state index in [0.29, 0.717) is 13.1 Å². The van der Waals surface area contributed by atoms with Crippen LogP contribution in [0.2, 0.25) is 0 Å². The summed E-state index contributed by atoms with van der Waals surface area (Å²) >= 11 is 0. The summed E-state index contributed by atoms with van der Waals surface area (Å²) in [5, 5.41) is 9.46. The van der Waals surface area contributed by atoms with E-state index >= 15 is 0 Å². The molecular weight excluding hydrogens is 204 g/mol. The van der Waals surface area contributed by atoms with Gasteiger partial charge >= 0.3 is 0 Å². The first-order valence-corrected chi connectivity index (χ1v) is 6.46. The summed E-state index contributed by atoms with van der Waals surface area (Å²) in [6, 6.07) is 0. The van der Waals surface area contributed by atoms with Crippen molar-refractivity contribution < 1.29 is 13.5 Å². The smallest absolute Gasteiger partial charge is 0.276 e. The highest BCUT2D eigenvalue weighted by Gasteiger charge is 2.26. The minimum absolute atomic E-state index is 0.0726. The molecule has 0 amide bonds. The van der Waals surface area contributed by atoms with Gasteiger partial charge in [-0.25, -0.2) is 9.44 Å². The Hall–Kier alpha value is -0.170. The molecule has 5 nitrogen and oxygen atoms in total. The van der Waals surface area contributed by atoms with Crippen molar-refractivity contribution in [3.8, 4) is 0 Å². The summed E-state index contributed by atoms with van der Waals surface area (Å²) in [7, 11) is -3.35. The minimum Gasteiger partial charge on any atom is -0.393 e.